The number of rotatable bonds is 5. The maximum absolute atomic E-state index is 2.75. The summed E-state index contributed by atoms with van der Waals surface area (Å²) in [4.78, 5) is 2.75. The lowest BCUT2D eigenvalue weighted by Crippen LogP contribution is -2.45. The van der Waals surface area contributed by atoms with Crippen molar-refractivity contribution in [3.63, 3.8) is 0 Å². The Bertz CT molecular complexity index is 1170. The van der Waals surface area contributed by atoms with E-state index >= 15 is 0 Å². The van der Waals surface area contributed by atoms with Crippen LogP contribution in [-0.2, 0) is 0 Å². The standard InChI is InChI=1S/C42H67N2/c1-41(2)37(43(5)35-24-22-31-16-10-12-18-33(31)39(35)41)26-20-30(28-29-14-8-7-9-15-29)21-27-38-42(3,4)40-34-19-13-11-17-32(34)23-25-36(40)44(38)6/h20-21,26-27,29,31-36,39-40H,7-19,22-25,28H2,1-6H3/q+1. The molecular formula is C42H67N2+. The van der Waals surface area contributed by atoms with Crippen molar-refractivity contribution in [3.05, 3.63) is 35.6 Å². The van der Waals surface area contributed by atoms with Crippen LogP contribution in [0.4, 0.5) is 0 Å². The summed E-state index contributed by atoms with van der Waals surface area (Å²) in [5.74, 6) is 6.41. The molecule has 5 saturated carbocycles. The lowest BCUT2D eigenvalue weighted by atomic mass is 9.57. The second-order valence-electron chi connectivity index (χ2n) is 18.1. The fourth-order valence-electron chi connectivity index (χ4n) is 13.3. The largest absolute Gasteiger partial charge is 0.374 e. The molecule has 2 heterocycles. The van der Waals surface area contributed by atoms with Gasteiger partial charge in [-0.05, 0) is 99.5 Å². The average molecular weight is 600 g/mol. The molecule has 44 heavy (non-hydrogen) atoms. The topological polar surface area (TPSA) is 6.25 Å². The van der Waals surface area contributed by atoms with E-state index in [-0.39, 0.29) is 10.8 Å². The Kier molecular flexibility index (Phi) is 8.80. The zero-order valence-electron chi connectivity index (χ0n) is 29.6. The first-order valence-electron chi connectivity index (χ1n) is 19.6. The van der Waals surface area contributed by atoms with Crippen molar-refractivity contribution >= 4 is 5.71 Å². The second kappa shape index (κ2) is 12.4. The third-order valence-corrected chi connectivity index (χ3v) is 15.3. The van der Waals surface area contributed by atoms with Gasteiger partial charge in [0.15, 0.2) is 11.8 Å². The highest BCUT2D eigenvalue weighted by Crippen LogP contribution is 2.59. The predicted octanol–water partition coefficient (Wildman–Crippen LogP) is 10.6. The third kappa shape index (κ3) is 5.43. The molecule has 2 heteroatoms. The Morgan fingerprint density at radius 2 is 1.34 bits per heavy atom. The molecule has 2 aliphatic heterocycles. The number of allylic oxidation sites excluding steroid dienone is 6. The zero-order chi connectivity index (χ0) is 30.6. The molecule has 0 bridgehead atoms. The van der Waals surface area contributed by atoms with Crippen LogP contribution in [0.5, 0.6) is 0 Å². The summed E-state index contributed by atoms with van der Waals surface area (Å²) in [5, 5.41) is 0. The smallest absolute Gasteiger partial charge is 0.182 e. The number of hydrogen-bond acceptors (Lipinski definition) is 1. The molecular weight excluding hydrogens is 532 g/mol. The first kappa shape index (κ1) is 31.3. The van der Waals surface area contributed by atoms with Crippen molar-refractivity contribution < 1.29 is 4.58 Å². The molecule has 0 spiro atoms. The summed E-state index contributed by atoms with van der Waals surface area (Å²) in [6, 6.07) is 1.49. The van der Waals surface area contributed by atoms with Crippen LogP contribution in [0.3, 0.4) is 0 Å². The number of hydrogen-bond donors (Lipinski definition) is 0. The highest BCUT2D eigenvalue weighted by molar-refractivity contribution is 5.97. The molecule has 5 aliphatic carbocycles. The van der Waals surface area contributed by atoms with Crippen LogP contribution in [0.15, 0.2) is 35.6 Å². The van der Waals surface area contributed by atoms with Crippen molar-refractivity contribution in [2.24, 2.45) is 52.3 Å². The SMILES string of the molecule is CN1C(=CC=C(C=CC2=[N+](C)C3CCC4CCCCC4C3C2(C)C)CC2CCCCC2)C(C)(C)C2C3CCCCC3CCC21. The van der Waals surface area contributed by atoms with E-state index in [1.807, 2.05) is 0 Å². The van der Waals surface area contributed by atoms with Gasteiger partial charge in [0.25, 0.3) is 0 Å². The zero-order valence-corrected chi connectivity index (χ0v) is 29.6. The van der Waals surface area contributed by atoms with Crippen molar-refractivity contribution in [1.29, 1.82) is 0 Å². The van der Waals surface area contributed by atoms with Crippen LogP contribution in [0.1, 0.15) is 143 Å². The van der Waals surface area contributed by atoms with Gasteiger partial charge in [-0.1, -0.05) is 96.6 Å². The molecule has 0 amide bonds. The Hall–Kier alpha value is -1.31. The van der Waals surface area contributed by atoms with E-state index in [9.17, 15) is 0 Å². The van der Waals surface area contributed by atoms with Crippen molar-refractivity contribution in [3.8, 4) is 0 Å². The molecule has 8 unspecified atom stereocenters. The van der Waals surface area contributed by atoms with Crippen LogP contribution in [0.2, 0.25) is 0 Å². The van der Waals surface area contributed by atoms with Gasteiger partial charge in [-0.15, -0.1) is 0 Å². The van der Waals surface area contributed by atoms with Gasteiger partial charge >= 0.3 is 0 Å². The summed E-state index contributed by atoms with van der Waals surface area (Å²) in [6.07, 6.45) is 36.4. The maximum Gasteiger partial charge on any atom is 0.182 e. The lowest BCUT2D eigenvalue weighted by molar-refractivity contribution is -0.541. The summed E-state index contributed by atoms with van der Waals surface area (Å²) in [6.45, 7) is 10.4. The summed E-state index contributed by atoms with van der Waals surface area (Å²) in [7, 11) is 4.88. The average Bonchev–Trinajstić information content (AvgIpc) is 3.35. The Morgan fingerprint density at radius 1 is 0.727 bits per heavy atom. The van der Waals surface area contributed by atoms with Crippen LogP contribution in [0.25, 0.3) is 0 Å². The van der Waals surface area contributed by atoms with E-state index in [1.54, 1.807) is 17.0 Å². The molecule has 0 radical (unpaired) electrons. The molecule has 1 saturated heterocycles. The normalized spacial score (nSPS) is 41.5. The third-order valence-electron chi connectivity index (χ3n) is 15.3. The van der Waals surface area contributed by atoms with Gasteiger partial charge in [0.2, 0.25) is 0 Å². The minimum absolute atomic E-state index is 0.269. The molecule has 7 rings (SSSR count). The Balaban J connectivity index is 1.18. The molecule has 0 aromatic carbocycles. The van der Waals surface area contributed by atoms with Crippen LogP contribution >= 0.6 is 0 Å². The predicted molar refractivity (Wildman–Crippen MR) is 187 cm³/mol. The van der Waals surface area contributed by atoms with E-state index in [1.165, 1.54) is 116 Å². The van der Waals surface area contributed by atoms with Crippen molar-refractivity contribution in [2.75, 3.05) is 14.1 Å². The first-order valence-corrected chi connectivity index (χ1v) is 19.6. The van der Waals surface area contributed by atoms with Crippen molar-refractivity contribution in [2.45, 2.75) is 155 Å². The van der Waals surface area contributed by atoms with Gasteiger partial charge in [0, 0.05) is 42.6 Å². The van der Waals surface area contributed by atoms with E-state index in [4.69, 9.17) is 0 Å². The maximum atomic E-state index is 2.75. The summed E-state index contributed by atoms with van der Waals surface area (Å²) < 4.78 is 2.75. The molecule has 244 valence electrons. The van der Waals surface area contributed by atoms with Gasteiger partial charge in [-0.25, -0.2) is 4.58 Å². The molecule has 0 N–H and O–H groups in total. The molecule has 2 nitrogen and oxygen atoms in total. The minimum atomic E-state index is 0.269. The van der Waals surface area contributed by atoms with E-state index in [2.05, 4.69) is 75.6 Å². The number of likely N-dealkylation sites (tertiary alicyclic amines) is 1. The number of fused-ring (bicyclic) bond motifs is 6. The van der Waals surface area contributed by atoms with Gasteiger partial charge < -0.3 is 4.90 Å². The Morgan fingerprint density at radius 3 is 2.05 bits per heavy atom. The molecule has 6 fully saturated rings. The van der Waals surface area contributed by atoms with Crippen molar-refractivity contribution in [1.82, 2.24) is 4.90 Å². The van der Waals surface area contributed by atoms with Gasteiger partial charge in [-0.3, -0.25) is 0 Å². The molecule has 8 atom stereocenters. The quantitative estimate of drug-likeness (QED) is 0.225. The highest BCUT2D eigenvalue weighted by Gasteiger charge is 2.59. The highest BCUT2D eigenvalue weighted by atomic mass is 15.2. The van der Waals surface area contributed by atoms with E-state index in [0.717, 1.165) is 53.5 Å². The van der Waals surface area contributed by atoms with Gasteiger partial charge in [0.05, 0.1) is 5.41 Å². The molecule has 0 aromatic heterocycles. The van der Waals surface area contributed by atoms with E-state index in [0.29, 0.717) is 0 Å². The van der Waals surface area contributed by atoms with Crippen LogP contribution < -0.4 is 0 Å². The summed E-state index contributed by atoms with van der Waals surface area (Å²) in [5.41, 5.74) is 5.36. The minimum Gasteiger partial charge on any atom is -0.374 e. The molecule has 0 aromatic rings. The van der Waals surface area contributed by atoms with Gasteiger partial charge in [0.1, 0.15) is 7.05 Å². The lowest BCUT2D eigenvalue weighted by Gasteiger charge is -2.47. The van der Waals surface area contributed by atoms with Crippen LogP contribution in [0, 0.1) is 52.3 Å². The number of nitrogens with zero attached hydrogens (tertiary/aromatic N) is 2. The van der Waals surface area contributed by atoms with E-state index < -0.39 is 0 Å². The molecule has 7 aliphatic rings. The first-order chi connectivity index (χ1) is 21.2. The second-order valence-corrected chi connectivity index (χ2v) is 18.1. The van der Waals surface area contributed by atoms with Crippen LogP contribution in [-0.4, -0.2) is 41.4 Å². The fourth-order valence-corrected chi connectivity index (χ4v) is 13.3. The summed E-state index contributed by atoms with van der Waals surface area (Å²) >= 11 is 0. The fraction of sp³-hybridized carbons (Fsp3) is 0.833. The Labute approximate surface area is 271 Å². The van der Waals surface area contributed by atoms with Gasteiger partial charge in [-0.2, -0.15) is 0 Å². The monoisotopic (exact) mass is 600 g/mol.